The second-order valence-corrected chi connectivity index (χ2v) is 6.21. The molecule has 3 rings (SSSR count). The van der Waals surface area contributed by atoms with E-state index in [1.54, 1.807) is 13.2 Å². The average molecular weight is 337 g/mol. The van der Waals surface area contributed by atoms with Crippen molar-refractivity contribution in [3.63, 3.8) is 0 Å². The normalized spacial score (nSPS) is 11.0. The predicted octanol–water partition coefficient (Wildman–Crippen LogP) is 3.75. The van der Waals surface area contributed by atoms with Gasteiger partial charge in [0.1, 0.15) is 11.3 Å². The lowest BCUT2D eigenvalue weighted by molar-refractivity contribution is 0.409. The van der Waals surface area contributed by atoms with Crippen LogP contribution < -0.4 is 15.7 Å². The van der Waals surface area contributed by atoms with Crippen molar-refractivity contribution in [3.05, 3.63) is 75.1 Å². The molecule has 25 heavy (non-hydrogen) atoms. The molecule has 130 valence electrons. The molecule has 0 saturated carbocycles. The minimum Gasteiger partial charge on any atom is -0.496 e. The Bertz CT molecular complexity index is 944. The second kappa shape index (κ2) is 7.53. The highest BCUT2D eigenvalue weighted by Gasteiger charge is 2.09. The summed E-state index contributed by atoms with van der Waals surface area (Å²) in [6.45, 7) is 5.43. The highest BCUT2D eigenvalue weighted by Crippen LogP contribution is 2.23. The molecule has 0 spiro atoms. The standard InChI is InChI=1S/C21H23NO3/c1-14-8-9-18-17(12-20(23)25-21(18)15(14)2)13-22-11-10-16-6-4-5-7-19(16)24-3/h4-9,12,22H,10-11,13H2,1-3H3. The summed E-state index contributed by atoms with van der Waals surface area (Å²) in [5.74, 6) is 0.904. The SMILES string of the molecule is COc1ccccc1CCNCc1cc(=O)oc2c(C)c(C)ccc12. The summed E-state index contributed by atoms with van der Waals surface area (Å²) in [5.41, 5.74) is 4.66. The van der Waals surface area contributed by atoms with Crippen molar-refractivity contribution in [2.45, 2.75) is 26.8 Å². The van der Waals surface area contributed by atoms with E-state index in [1.165, 1.54) is 5.56 Å². The predicted molar refractivity (Wildman–Crippen MR) is 100 cm³/mol. The van der Waals surface area contributed by atoms with Gasteiger partial charge in [0, 0.05) is 18.0 Å². The number of ether oxygens (including phenoxy) is 1. The van der Waals surface area contributed by atoms with Gasteiger partial charge in [-0.1, -0.05) is 30.3 Å². The van der Waals surface area contributed by atoms with E-state index >= 15 is 0 Å². The molecular weight excluding hydrogens is 314 g/mol. The first-order chi connectivity index (χ1) is 12.1. The number of hydrogen-bond acceptors (Lipinski definition) is 4. The molecule has 0 fully saturated rings. The first-order valence-corrected chi connectivity index (χ1v) is 8.45. The van der Waals surface area contributed by atoms with Gasteiger partial charge in [-0.05, 0) is 55.1 Å². The first kappa shape index (κ1) is 17.2. The van der Waals surface area contributed by atoms with Crippen molar-refractivity contribution in [3.8, 4) is 5.75 Å². The van der Waals surface area contributed by atoms with Crippen LogP contribution in [0, 0.1) is 13.8 Å². The molecule has 3 aromatic rings. The van der Waals surface area contributed by atoms with Crippen molar-refractivity contribution in [2.75, 3.05) is 13.7 Å². The maximum absolute atomic E-state index is 11.9. The third-order valence-corrected chi connectivity index (χ3v) is 4.60. The lowest BCUT2D eigenvalue weighted by Crippen LogP contribution is -2.18. The van der Waals surface area contributed by atoms with Crippen molar-refractivity contribution in [1.29, 1.82) is 0 Å². The van der Waals surface area contributed by atoms with Crippen LogP contribution in [0.15, 0.2) is 51.7 Å². The van der Waals surface area contributed by atoms with E-state index in [0.29, 0.717) is 12.1 Å². The molecule has 1 aromatic heterocycles. The van der Waals surface area contributed by atoms with Crippen molar-refractivity contribution < 1.29 is 9.15 Å². The Kier molecular flexibility index (Phi) is 5.19. The molecule has 0 aliphatic carbocycles. The van der Waals surface area contributed by atoms with Crippen LogP contribution in [-0.4, -0.2) is 13.7 Å². The molecule has 1 N–H and O–H groups in total. The molecule has 0 radical (unpaired) electrons. The first-order valence-electron chi connectivity index (χ1n) is 8.45. The highest BCUT2D eigenvalue weighted by atomic mass is 16.5. The highest BCUT2D eigenvalue weighted by molar-refractivity contribution is 5.83. The van der Waals surface area contributed by atoms with Gasteiger partial charge in [-0.2, -0.15) is 0 Å². The molecule has 0 unspecified atom stereocenters. The maximum Gasteiger partial charge on any atom is 0.336 e. The van der Waals surface area contributed by atoms with E-state index in [0.717, 1.165) is 40.8 Å². The summed E-state index contributed by atoms with van der Waals surface area (Å²) >= 11 is 0. The molecule has 2 aromatic carbocycles. The largest absolute Gasteiger partial charge is 0.496 e. The van der Waals surface area contributed by atoms with Gasteiger partial charge in [-0.3, -0.25) is 0 Å². The average Bonchev–Trinajstić information content (AvgIpc) is 2.62. The Labute approximate surface area is 147 Å². The zero-order valence-corrected chi connectivity index (χ0v) is 14.9. The molecule has 0 bridgehead atoms. The fraction of sp³-hybridized carbons (Fsp3) is 0.286. The van der Waals surface area contributed by atoms with Crippen LogP contribution in [-0.2, 0) is 13.0 Å². The summed E-state index contributed by atoms with van der Waals surface area (Å²) in [6.07, 6.45) is 0.863. The van der Waals surface area contributed by atoms with Crippen LogP contribution in [0.1, 0.15) is 22.3 Å². The smallest absolute Gasteiger partial charge is 0.336 e. The molecule has 1 heterocycles. The quantitative estimate of drug-likeness (QED) is 0.550. The number of nitrogens with one attached hydrogen (secondary N) is 1. The lowest BCUT2D eigenvalue weighted by atomic mass is 10.0. The third-order valence-electron chi connectivity index (χ3n) is 4.60. The zero-order chi connectivity index (χ0) is 17.8. The fourth-order valence-corrected chi connectivity index (χ4v) is 3.03. The summed E-state index contributed by atoms with van der Waals surface area (Å²) in [4.78, 5) is 11.9. The summed E-state index contributed by atoms with van der Waals surface area (Å²) in [6, 6.07) is 13.7. The maximum atomic E-state index is 11.9. The van der Waals surface area contributed by atoms with E-state index in [4.69, 9.17) is 9.15 Å². The molecule has 0 atom stereocenters. The number of rotatable bonds is 6. The van der Waals surface area contributed by atoms with E-state index in [2.05, 4.69) is 17.4 Å². The molecular formula is C21H23NO3. The van der Waals surface area contributed by atoms with Gasteiger partial charge < -0.3 is 14.5 Å². The summed E-state index contributed by atoms with van der Waals surface area (Å²) in [5, 5.41) is 4.41. The number of benzene rings is 2. The van der Waals surface area contributed by atoms with Crippen LogP contribution in [0.2, 0.25) is 0 Å². The van der Waals surface area contributed by atoms with E-state index in [1.807, 2.05) is 38.1 Å². The van der Waals surface area contributed by atoms with Crippen LogP contribution in [0.5, 0.6) is 5.75 Å². The number of hydrogen-bond donors (Lipinski definition) is 1. The van der Waals surface area contributed by atoms with Gasteiger partial charge in [-0.25, -0.2) is 4.79 Å². The van der Waals surface area contributed by atoms with Crippen LogP contribution in [0.3, 0.4) is 0 Å². The lowest BCUT2D eigenvalue weighted by Gasteiger charge is -2.11. The van der Waals surface area contributed by atoms with Crippen LogP contribution in [0.25, 0.3) is 11.0 Å². The fourth-order valence-electron chi connectivity index (χ4n) is 3.03. The van der Waals surface area contributed by atoms with E-state index in [9.17, 15) is 4.79 Å². The summed E-state index contributed by atoms with van der Waals surface area (Å²) < 4.78 is 10.8. The topological polar surface area (TPSA) is 51.5 Å². The van der Waals surface area contributed by atoms with Gasteiger partial charge in [0.05, 0.1) is 7.11 Å². The Hall–Kier alpha value is -2.59. The minimum atomic E-state index is -0.303. The monoisotopic (exact) mass is 337 g/mol. The summed E-state index contributed by atoms with van der Waals surface area (Å²) in [7, 11) is 1.69. The molecule has 0 amide bonds. The van der Waals surface area contributed by atoms with Gasteiger partial charge in [-0.15, -0.1) is 0 Å². The number of methoxy groups -OCH3 is 1. The van der Waals surface area contributed by atoms with E-state index in [-0.39, 0.29) is 5.63 Å². The van der Waals surface area contributed by atoms with Crippen LogP contribution >= 0.6 is 0 Å². The molecule has 4 heteroatoms. The number of fused-ring (bicyclic) bond motifs is 1. The van der Waals surface area contributed by atoms with Crippen molar-refractivity contribution in [2.24, 2.45) is 0 Å². The van der Waals surface area contributed by atoms with Crippen LogP contribution in [0.4, 0.5) is 0 Å². The van der Waals surface area contributed by atoms with Gasteiger partial charge in [0.15, 0.2) is 0 Å². The zero-order valence-electron chi connectivity index (χ0n) is 14.9. The Morgan fingerprint density at radius 1 is 1.08 bits per heavy atom. The molecule has 4 nitrogen and oxygen atoms in total. The van der Waals surface area contributed by atoms with Gasteiger partial charge >= 0.3 is 5.63 Å². The number of para-hydroxylation sites is 1. The molecule has 0 aliphatic heterocycles. The second-order valence-electron chi connectivity index (χ2n) is 6.21. The van der Waals surface area contributed by atoms with E-state index < -0.39 is 0 Å². The van der Waals surface area contributed by atoms with Crippen molar-refractivity contribution in [1.82, 2.24) is 5.32 Å². The molecule has 0 aliphatic rings. The molecule has 0 saturated heterocycles. The Balaban J connectivity index is 1.73. The van der Waals surface area contributed by atoms with Gasteiger partial charge in [0.2, 0.25) is 0 Å². The Morgan fingerprint density at radius 3 is 2.68 bits per heavy atom. The minimum absolute atomic E-state index is 0.303. The third kappa shape index (κ3) is 3.74. The Morgan fingerprint density at radius 2 is 1.88 bits per heavy atom. The van der Waals surface area contributed by atoms with Gasteiger partial charge in [0.25, 0.3) is 0 Å². The van der Waals surface area contributed by atoms with Crippen molar-refractivity contribution >= 4 is 11.0 Å². The number of aryl methyl sites for hydroxylation is 2.